The molecule has 2 rings (SSSR count). The van der Waals surface area contributed by atoms with E-state index in [4.69, 9.17) is 0 Å². The Bertz CT molecular complexity index is 519. The van der Waals surface area contributed by atoms with Crippen molar-refractivity contribution in [3.05, 3.63) is 57.8 Å². The highest BCUT2D eigenvalue weighted by molar-refractivity contribution is 7.09. The van der Waals surface area contributed by atoms with E-state index in [1.165, 1.54) is 23.1 Å². The molecule has 0 bridgehead atoms. The Labute approximate surface area is 129 Å². The summed E-state index contributed by atoms with van der Waals surface area (Å²) in [6, 6.07) is 8.30. The van der Waals surface area contributed by atoms with Crippen LogP contribution < -0.4 is 5.32 Å². The molecule has 0 fully saturated rings. The summed E-state index contributed by atoms with van der Waals surface area (Å²) in [5, 5.41) is 5.46. The number of rotatable bonds is 8. The van der Waals surface area contributed by atoms with E-state index >= 15 is 0 Å². The minimum atomic E-state index is -0.450. The van der Waals surface area contributed by atoms with Gasteiger partial charge in [0.2, 0.25) is 0 Å². The third-order valence-electron chi connectivity index (χ3n) is 3.51. The molecule has 0 saturated carbocycles. The van der Waals surface area contributed by atoms with Crippen molar-refractivity contribution in [1.82, 2.24) is 5.32 Å². The maximum atomic E-state index is 13.8. The standard InChI is InChI=1S/C17H21F2NS/c1-2-10-20-13(8-9-14-5-4-11-21-14)12-15-16(18)6-3-7-17(15)19/h3-7,11,13,20H,2,8-10,12H2,1H3. The van der Waals surface area contributed by atoms with Gasteiger partial charge in [0, 0.05) is 16.5 Å². The minimum absolute atomic E-state index is 0.0958. The van der Waals surface area contributed by atoms with Crippen LogP contribution in [0.1, 0.15) is 30.2 Å². The average molecular weight is 309 g/mol. The number of thiophene rings is 1. The van der Waals surface area contributed by atoms with E-state index < -0.39 is 11.6 Å². The van der Waals surface area contributed by atoms with Crippen molar-refractivity contribution in [1.29, 1.82) is 0 Å². The van der Waals surface area contributed by atoms with Crippen LogP contribution in [0, 0.1) is 11.6 Å². The Morgan fingerprint density at radius 3 is 2.52 bits per heavy atom. The van der Waals surface area contributed by atoms with Crippen molar-refractivity contribution < 1.29 is 8.78 Å². The van der Waals surface area contributed by atoms with Gasteiger partial charge in [-0.05, 0) is 55.8 Å². The fourth-order valence-electron chi connectivity index (χ4n) is 2.37. The van der Waals surface area contributed by atoms with Crippen molar-refractivity contribution in [2.45, 2.75) is 38.6 Å². The Kier molecular flexibility index (Phi) is 6.33. The lowest BCUT2D eigenvalue weighted by molar-refractivity contribution is 0.456. The minimum Gasteiger partial charge on any atom is -0.314 e. The zero-order valence-electron chi connectivity index (χ0n) is 12.2. The third-order valence-corrected chi connectivity index (χ3v) is 4.45. The molecule has 1 N–H and O–H groups in total. The maximum absolute atomic E-state index is 13.8. The van der Waals surface area contributed by atoms with E-state index in [2.05, 4.69) is 23.7 Å². The number of nitrogens with one attached hydrogen (secondary N) is 1. The monoisotopic (exact) mass is 309 g/mol. The first kappa shape index (κ1) is 16.1. The molecule has 0 spiro atoms. The Morgan fingerprint density at radius 1 is 1.14 bits per heavy atom. The third kappa shape index (κ3) is 4.90. The number of hydrogen-bond acceptors (Lipinski definition) is 2. The van der Waals surface area contributed by atoms with Gasteiger partial charge in [0.1, 0.15) is 11.6 Å². The number of benzene rings is 1. The van der Waals surface area contributed by atoms with Crippen LogP contribution in [0.25, 0.3) is 0 Å². The van der Waals surface area contributed by atoms with Crippen LogP contribution in [0.2, 0.25) is 0 Å². The Morgan fingerprint density at radius 2 is 1.90 bits per heavy atom. The largest absolute Gasteiger partial charge is 0.314 e. The molecule has 1 heterocycles. The smallest absolute Gasteiger partial charge is 0.129 e. The van der Waals surface area contributed by atoms with Gasteiger partial charge >= 0.3 is 0 Å². The topological polar surface area (TPSA) is 12.0 Å². The molecule has 0 aliphatic heterocycles. The fourth-order valence-corrected chi connectivity index (χ4v) is 3.09. The van der Waals surface area contributed by atoms with Gasteiger partial charge in [0.25, 0.3) is 0 Å². The number of halogens is 2. The van der Waals surface area contributed by atoms with Crippen molar-refractivity contribution in [3.63, 3.8) is 0 Å². The van der Waals surface area contributed by atoms with Gasteiger partial charge in [-0.3, -0.25) is 0 Å². The predicted octanol–water partition coefficient (Wildman–Crippen LogP) is 4.57. The highest BCUT2D eigenvalue weighted by Crippen LogP contribution is 2.18. The predicted molar refractivity (Wildman–Crippen MR) is 84.8 cm³/mol. The van der Waals surface area contributed by atoms with Gasteiger partial charge in [-0.25, -0.2) is 8.78 Å². The molecule has 1 aromatic heterocycles. The Balaban J connectivity index is 2.01. The highest BCUT2D eigenvalue weighted by atomic mass is 32.1. The molecule has 4 heteroatoms. The summed E-state index contributed by atoms with van der Waals surface area (Å²) in [5.74, 6) is -0.899. The lowest BCUT2D eigenvalue weighted by Gasteiger charge is -2.19. The first-order valence-electron chi connectivity index (χ1n) is 7.39. The number of hydrogen-bond donors (Lipinski definition) is 1. The fraction of sp³-hybridized carbons (Fsp3) is 0.412. The summed E-state index contributed by atoms with van der Waals surface area (Å²) < 4.78 is 27.6. The second kappa shape index (κ2) is 8.25. The maximum Gasteiger partial charge on any atom is 0.129 e. The molecular weight excluding hydrogens is 288 g/mol. The lowest BCUT2D eigenvalue weighted by atomic mass is 10.00. The zero-order chi connectivity index (χ0) is 15.1. The molecule has 0 saturated heterocycles. The quantitative estimate of drug-likeness (QED) is 0.753. The van der Waals surface area contributed by atoms with Crippen LogP contribution in [0.4, 0.5) is 8.78 Å². The van der Waals surface area contributed by atoms with Crippen molar-refractivity contribution in [2.24, 2.45) is 0 Å². The van der Waals surface area contributed by atoms with Crippen LogP contribution in [0.5, 0.6) is 0 Å². The molecular formula is C17H21F2NS. The van der Waals surface area contributed by atoms with Crippen LogP contribution in [-0.2, 0) is 12.8 Å². The van der Waals surface area contributed by atoms with Gasteiger partial charge in [-0.1, -0.05) is 19.1 Å². The van der Waals surface area contributed by atoms with E-state index in [1.807, 2.05) is 6.07 Å². The number of aryl methyl sites for hydroxylation is 1. The molecule has 0 radical (unpaired) electrons. The van der Waals surface area contributed by atoms with E-state index in [1.54, 1.807) is 11.3 Å². The molecule has 0 amide bonds. The van der Waals surface area contributed by atoms with Crippen LogP contribution in [0.15, 0.2) is 35.7 Å². The van der Waals surface area contributed by atoms with E-state index in [0.717, 1.165) is 25.8 Å². The molecule has 0 aliphatic carbocycles. The molecule has 0 aliphatic rings. The van der Waals surface area contributed by atoms with Crippen LogP contribution in [-0.4, -0.2) is 12.6 Å². The molecule has 2 aromatic rings. The SMILES string of the molecule is CCCNC(CCc1cccs1)Cc1c(F)cccc1F. The second-order valence-electron chi connectivity index (χ2n) is 5.17. The normalized spacial score (nSPS) is 12.5. The zero-order valence-corrected chi connectivity index (χ0v) is 13.1. The molecule has 114 valence electrons. The second-order valence-corrected chi connectivity index (χ2v) is 6.21. The van der Waals surface area contributed by atoms with Crippen molar-refractivity contribution in [3.8, 4) is 0 Å². The molecule has 1 aromatic carbocycles. The summed E-state index contributed by atoms with van der Waals surface area (Å²) in [4.78, 5) is 1.31. The lowest BCUT2D eigenvalue weighted by Crippen LogP contribution is -2.32. The summed E-state index contributed by atoms with van der Waals surface area (Å²) in [6.07, 6.45) is 3.22. The Hall–Kier alpha value is -1.26. The average Bonchev–Trinajstić information content (AvgIpc) is 2.98. The van der Waals surface area contributed by atoms with Crippen LogP contribution >= 0.6 is 11.3 Å². The van der Waals surface area contributed by atoms with E-state index in [-0.39, 0.29) is 11.6 Å². The van der Waals surface area contributed by atoms with Crippen molar-refractivity contribution in [2.75, 3.05) is 6.54 Å². The summed E-state index contributed by atoms with van der Waals surface area (Å²) in [5.41, 5.74) is 0.192. The molecule has 1 nitrogen and oxygen atoms in total. The first-order chi connectivity index (χ1) is 10.2. The molecule has 21 heavy (non-hydrogen) atoms. The highest BCUT2D eigenvalue weighted by Gasteiger charge is 2.15. The summed E-state index contributed by atoms with van der Waals surface area (Å²) >= 11 is 1.73. The van der Waals surface area contributed by atoms with Gasteiger partial charge in [-0.15, -0.1) is 11.3 Å². The van der Waals surface area contributed by atoms with E-state index in [9.17, 15) is 8.78 Å². The van der Waals surface area contributed by atoms with Gasteiger partial charge in [-0.2, -0.15) is 0 Å². The van der Waals surface area contributed by atoms with Crippen molar-refractivity contribution >= 4 is 11.3 Å². The van der Waals surface area contributed by atoms with Gasteiger partial charge in [0.15, 0.2) is 0 Å². The molecule has 1 atom stereocenters. The molecule has 1 unspecified atom stereocenters. The summed E-state index contributed by atoms with van der Waals surface area (Å²) in [6.45, 7) is 2.96. The summed E-state index contributed by atoms with van der Waals surface area (Å²) in [7, 11) is 0. The van der Waals surface area contributed by atoms with Gasteiger partial charge in [0.05, 0.1) is 0 Å². The van der Waals surface area contributed by atoms with Crippen LogP contribution in [0.3, 0.4) is 0 Å². The van der Waals surface area contributed by atoms with E-state index in [0.29, 0.717) is 6.42 Å². The van der Waals surface area contributed by atoms with Gasteiger partial charge < -0.3 is 5.32 Å². The first-order valence-corrected chi connectivity index (χ1v) is 8.27.